The van der Waals surface area contributed by atoms with Crippen LogP contribution >= 0.6 is 35.0 Å². The van der Waals surface area contributed by atoms with Crippen LogP contribution in [0.4, 0.5) is 0 Å². The number of thioether (sulfide) groups is 1. The first-order chi connectivity index (χ1) is 7.13. The van der Waals surface area contributed by atoms with Crippen molar-refractivity contribution in [1.82, 2.24) is 5.32 Å². The average molecular weight is 264 g/mol. The maximum absolute atomic E-state index is 6.07. The predicted octanol–water partition coefficient (Wildman–Crippen LogP) is 4.08. The van der Waals surface area contributed by atoms with E-state index in [0.29, 0.717) is 5.25 Å². The number of nitrogens with one attached hydrogen (secondary N) is 1. The zero-order chi connectivity index (χ0) is 11.3. The Balaban J connectivity index is 2.59. The maximum atomic E-state index is 6.07. The third-order valence-corrected chi connectivity index (χ3v) is 3.74. The summed E-state index contributed by atoms with van der Waals surface area (Å²) < 4.78 is 0. The van der Waals surface area contributed by atoms with Crippen LogP contribution < -0.4 is 5.32 Å². The van der Waals surface area contributed by atoms with Gasteiger partial charge >= 0.3 is 0 Å². The lowest BCUT2D eigenvalue weighted by Gasteiger charge is -2.12. The molecule has 1 rings (SSSR count). The summed E-state index contributed by atoms with van der Waals surface area (Å²) in [6.07, 6.45) is 0. The first-order valence-electron chi connectivity index (χ1n) is 4.96. The first kappa shape index (κ1) is 13.2. The summed E-state index contributed by atoms with van der Waals surface area (Å²) in [6, 6.07) is 5.56. The normalized spacial score (nSPS) is 12.8. The molecule has 4 heteroatoms. The zero-order valence-corrected chi connectivity index (χ0v) is 11.2. The molecule has 0 heterocycles. The lowest BCUT2D eigenvalue weighted by Crippen LogP contribution is -2.22. The van der Waals surface area contributed by atoms with Crippen molar-refractivity contribution < 1.29 is 0 Å². The van der Waals surface area contributed by atoms with E-state index in [1.165, 1.54) is 0 Å². The summed E-state index contributed by atoms with van der Waals surface area (Å²) in [5, 5.41) is 5.30. The van der Waals surface area contributed by atoms with Gasteiger partial charge < -0.3 is 5.32 Å². The molecule has 0 spiro atoms. The van der Waals surface area contributed by atoms with Crippen LogP contribution in [0.1, 0.15) is 13.8 Å². The summed E-state index contributed by atoms with van der Waals surface area (Å²) in [7, 11) is 0. The molecule has 0 aliphatic carbocycles. The van der Waals surface area contributed by atoms with Gasteiger partial charge in [0.05, 0.1) is 5.02 Å². The van der Waals surface area contributed by atoms with Crippen LogP contribution in [0.15, 0.2) is 23.1 Å². The van der Waals surface area contributed by atoms with Crippen molar-refractivity contribution in [2.75, 3.05) is 13.1 Å². The van der Waals surface area contributed by atoms with E-state index in [1.807, 2.05) is 18.2 Å². The van der Waals surface area contributed by atoms with Gasteiger partial charge in [-0.3, -0.25) is 0 Å². The Morgan fingerprint density at radius 3 is 2.80 bits per heavy atom. The molecular weight excluding hydrogens is 249 g/mol. The molecule has 1 atom stereocenters. The highest BCUT2D eigenvalue weighted by Gasteiger charge is 2.07. The maximum Gasteiger partial charge on any atom is 0.0543 e. The first-order valence-corrected chi connectivity index (χ1v) is 6.59. The fourth-order valence-corrected chi connectivity index (χ4v) is 2.67. The van der Waals surface area contributed by atoms with Gasteiger partial charge in [-0.2, -0.15) is 0 Å². The Morgan fingerprint density at radius 2 is 2.13 bits per heavy atom. The summed E-state index contributed by atoms with van der Waals surface area (Å²) in [5.74, 6) is 0. The molecule has 0 bridgehead atoms. The van der Waals surface area contributed by atoms with E-state index in [4.69, 9.17) is 23.2 Å². The van der Waals surface area contributed by atoms with E-state index in [9.17, 15) is 0 Å². The van der Waals surface area contributed by atoms with Gasteiger partial charge in [-0.1, -0.05) is 37.0 Å². The fourth-order valence-electron chi connectivity index (χ4n) is 1.17. The van der Waals surface area contributed by atoms with E-state index in [2.05, 4.69) is 19.2 Å². The van der Waals surface area contributed by atoms with Gasteiger partial charge in [0.25, 0.3) is 0 Å². The van der Waals surface area contributed by atoms with Gasteiger partial charge in [-0.25, -0.2) is 0 Å². The zero-order valence-electron chi connectivity index (χ0n) is 8.89. The third-order valence-electron chi connectivity index (χ3n) is 1.90. The van der Waals surface area contributed by atoms with Crippen molar-refractivity contribution in [2.45, 2.75) is 24.0 Å². The second-order valence-electron chi connectivity index (χ2n) is 3.31. The van der Waals surface area contributed by atoms with Crippen molar-refractivity contribution in [3.63, 3.8) is 0 Å². The molecule has 1 unspecified atom stereocenters. The highest BCUT2D eigenvalue weighted by molar-refractivity contribution is 8.00. The molecule has 0 aromatic heterocycles. The second kappa shape index (κ2) is 6.64. The molecule has 84 valence electrons. The minimum atomic E-state index is 0.487. The molecule has 15 heavy (non-hydrogen) atoms. The van der Waals surface area contributed by atoms with Crippen LogP contribution in [0.3, 0.4) is 0 Å². The highest BCUT2D eigenvalue weighted by Crippen LogP contribution is 2.32. The Hall–Kier alpha value is 0.110. The molecule has 1 nitrogen and oxygen atoms in total. The van der Waals surface area contributed by atoms with Crippen LogP contribution in [-0.4, -0.2) is 18.3 Å². The van der Waals surface area contributed by atoms with Crippen LogP contribution in [0.5, 0.6) is 0 Å². The number of hydrogen-bond donors (Lipinski definition) is 1. The summed E-state index contributed by atoms with van der Waals surface area (Å²) in [5.41, 5.74) is 0. The SMILES string of the molecule is CCNCC(C)Sc1cc(Cl)ccc1Cl. The van der Waals surface area contributed by atoms with Gasteiger partial charge in [0, 0.05) is 21.7 Å². The third kappa shape index (κ3) is 4.64. The van der Waals surface area contributed by atoms with Crippen molar-refractivity contribution in [3.05, 3.63) is 28.2 Å². The standard InChI is InChI=1S/C11H15Cl2NS/c1-3-14-7-8(2)15-11-6-9(12)4-5-10(11)13/h4-6,8,14H,3,7H2,1-2H3. The van der Waals surface area contributed by atoms with E-state index < -0.39 is 0 Å². The van der Waals surface area contributed by atoms with Gasteiger partial charge in [0.2, 0.25) is 0 Å². The monoisotopic (exact) mass is 263 g/mol. The number of rotatable bonds is 5. The predicted molar refractivity (Wildman–Crippen MR) is 70.3 cm³/mol. The topological polar surface area (TPSA) is 12.0 Å². The highest BCUT2D eigenvalue weighted by atomic mass is 35.5. The molecular formula is C11H15Cl2NS. The Morgan fingerprint density at radius 1 is 1.40 bits per heavy atom. The number of hydrogen-bond acceptors (Lipinski definition) is 2. The quantitative estimate of drug-likeness (QED) is 0.804. The summed E-state index contributed by atoms with van der Waals surface area (Å²) >= 11 is 13.7. The molecule has 0 aliphatic heterocycles. The van der Waals surface area contributed by atoms with E-state index in [0.717, 1.165) is 28.0 Å². The Bertz CT molecular complexity index is 317. The van der Waals surface area contributed by atoms with Gasteiger partial charge in [0.15, 0.2) is 0 Å². The van der Waals surface area contributed by atoms with Crippen LogP contribution in [-0.2, 0) is 0 Å². The largest absolute Gasteiger partial charge is 0.316 e. The molecule has 1 N–H and O–H groups in total. The molecule has 0 saturated heterocycles. The lowest BCUT2D eigenvalue weighted by molar-refractivity contribution is 0.713. The minimum Gasteiger partial charge on any atom is -0.316 e. The van der Waals surface area contributed by atoms with Crippen LogP contribution in [0, 0.1) is 0 Å². The van der Waals surface area contributed by atoms with Gasteiger partial charge in [0.1, 0.15) is 0 Å². The van der Waals surface area contributed by atoms with Crippen molar-refractivity contribution in [3.8, 4) is 0 Å². The molecule has 0 aliphatic rings. The van der Waals surface area contributed by atoms with Crippen LogP contribution in [0.2, 0.25) is 10.0 Å². The van der Waals surface area contributed by atoms with Crippen molar-refractivity contribution in [1.29, 1.82) is 0 Å². The molecule has 0 fully saturated rings. The number of benzene rings is 1. The van der Waals surface area contributed by atoms with Crippen LogP contribution in [0.25, 0.3) is 0 Å². The second-order valence-corrected chi connectivity index (χ2v) is 5.63. The Kier molecular flexibility index (Phi) is 5.83. The van der Waals surface area contributed by atoms with Crippen molar-refractivity contribution >= 4 is 35.0 Å². The molecule has 1 aromatic carbocycles. The summed E-state index contributed by atoms with van der Waals surface area (Å²) in [4.78, 5) is 1.05. The average Bonchev–Trinajstić information content (AvgIpc) is 2.20. The smallest absolute Gasteiger partial charge is 0.0543 e. The van der Waals surface area contributed by atoms with Gasteiger partial charge in [-0.15, -0.1) is 11.8 Å². The minimum absolute atomic E-state index is 0.487. The molecule has 0 amide bonds. The Labute approximate surface area is 106 Å². The molecule has 0 radical (unpaired) electrons. The van der Waals surface area contributed by atoms with Crippen molar-refractivity contribution in [2.24, 2.45) is 0 Å². The summed E-state index contributed by atoms with van der Waals surface area (Å²) in [6.45, 7) is 6.24. The fraction of sp³-hybridized carbons (Fsp3) is 0.455. The lowest BCUT2D eigenvalue weighted by atomic mass is 10.4. The van der Waals surface area contributed by atoms with E-state index in [1.54, 1.807) is 11.8 Å². The van der Waals surface area contributed by atoms with Gasteiger partial charge in [-0.05, 0) is 24.7 Å². The van der Waals surface area contributed by atoms with E-state index >= 15 is 0 Å². The number of halogens is 2. The van der Waals surface area contributed by atoms with E-state index in [-0.39, 0.29) is 0 Å². The molecule has 0 saturated carbocycles. The molecule has 1 aromatic rings.